The molecule has 1 amide bonds. The Morgan fingerprint density at radius 1 is 0.826 bits per heavy atom. The average molecular weight is 634 g/mol. The minimum absolute atomic E-state index is 0.180. The third-order valence-corrected chi connectivity index (χ3v) is 8.00. The molecular weight excluding hydrogens is 602 g/mol. The molecular formula is C37H32ClN3O5. The molecule has 6 aromatic rings. The summed E-state index contributed by atoms with van der Waals surface area (Å²) in [5, 5.41) is 5.78. The first-order valence-corrected chi connectivity index (χ1v) is 14.9. The number of aromatic nitrogens is 2. The number of H-pyrrole nitrogens is 1. The standard InChI is InChI=1S/C37H32ClN3O5/c1-43-27-15-11-23(12-16-27)34-35-30(28-7-5-6-8-31(28)41-35)20-26(40-34)21-39-37(42)29(17-22-9-13-25(38)14-10-22)24-18-32(44-2)36(46-4)33(19-24)45-3/h5-20,41H,21H2,1-4H3,(H,39,42)/b29-17+. The molecule has 0 aliphatic rings. The zero-order valence-corrected chi connectivity index (χ0v) is 26.6. The Kier molecular flexibility index (Phi) is 8.81. The second-order valence-corrected chi connectivity index (χ2v) is 10.9. The van der Waals surface area contributed by atoms with Crippen molar-refractivity contribution in [2.24, 2.45) is 0 Å². The summed E-state index contributed by atoms with van der Waals surface area (Å²) in [6.45, 7) is 0.180. The molecule has 2 heterocycles. The second kappa shape index (κ2) is 13.3. The average Bonchev–Trinajstić information content (AvgIpc) is 3.48. The van der Waals surface area contributed by atoms with Gasteiger partial charge in [-0.1, -0.05) is 41.9 Å². The molecule has 0 fully saturated rings. The highest BCUT2D eigenvalue weighted by atomic mass is 35.5. The van der Waals surface area contributed by atoms with Crippen LogP contribution in [0.3, 0.4) is 0 Å². The molecule has 0 spiro atoms. The molecule has 0 unspecified atom stereocenters. The number of halogens is 1. The lowest BCUT2D eigenvalue weighted by Gasteiger charge is -2.16. The molecule has 2 N–H and O–H groups in total. The Morgan fingerprint density at radius 2 is 1.52 bits per heavy atom. The number of benzene rings is 4. The predicted molar refractivity (Wildman–Crippen MR) is 183 cm³/mol. The fourth-order valence-electron chi connectivity index (χ4n) is 5.46. The first-order valence-electron chi connectivity index (χ1n) is 14.5. The summed E-state index contributed by atoms with van der Waals surface area (Å²) in [4.78, 5) is 22.6. The fourth-order valence-corrected chi connectivity index (χ4v) is 5.58. The summed E-state index contributed by atoms with van der Waals surface area (Å²) in [5.74, 6) is 1.75. The van der Waals surface area contributed by atoms with Crippen molar-refractivity contribution in [2.45, 2.75) is 6.54 Å². The van der Waals surface area contributed by atoms with Crippen LogP contribution in [-0.2, 0) is 11.3 Å². The SMILES string of the molecule is COc1ccc(-c2nc(CNC(=O)/C(=C/c3ccc(Cl)cc3)c3cc(OC)c(OC)c(OC)c3)cc3c2[nH]c2ccccc23)cc1. The van der Waals surface area contributed by atoms with Gasteiger partial charge >= 0.3 is 0 Å². The molecule has 0 bridgehead atoms. The molecule has 2 aromatic heterocycles. The van der Waals surface area contributed by atoms with Crippen molar-refractivity contribution < 1.29 is 23.7 Å². The summed E-state index contributed by atoms with van der Waals surface area (Å²) in [6.07, 6.45) is 1.80. The minimum atomic E-state index is -0.309. The number of hydrogen-bond acceptors (Lipinski definition) is 6. The van der Waals surface area contributed by atoms with Crippen LogP contribution < -0.4 is 24.3 Å². The van der Waals surface area contributed by atoms with Crippen molar-refractivity contribution in [3.05, 3.63) is 113 Å². The van der Waals surface area contributed by atoms with Crippen LogP contribution >= 0.6 is 11.6 Å². The van der Waals surface area contributed by atoms with E-state index in [0.717, 1.165) is 44.4 Å². The highest BCUT2D eigenvalue weighted by Crippen LogP contribution is 2.40. The van der Waals surface area contributed by atoms with Crippen LogP contribution in [0.25, 0.3) is 44.7 Å². The van der Waals surface area contributed by atoms with Crippen LogP contribution in [0.15, 0.2) is 91.0 Å². The predicted octanol–water partition coefficient (Wildman–Crippen LogP) is 7.93. The van der Waals surface area contributed by atoms with Gasteiger partial charge in [-0.3, -0.25) is 4.79 Å². The Labute approximate surface area is 271 Å². The van der Waals surface area contributed by atoms with E-state index in [4.69, 9.17) is 35.5 Å². The van der Waals surface area contributed by atoms with Crippen LogP contribution in [0.1, 0.15) is 16.8 Å². The number of ether oxygens (including phenoxy) is 4. The number of carbonyl (C=O) groups is 1. The third kappa shape index (κ3) is 6.07. The number of rotatable bonds is 10. The van der Waals surface area contributed by atoms with Crippen LogP contribution in [0.5, 0.6) is 23.0 Å². The zero-order valence-electron chi connectivity index (χ0n) is 25.8. The number of amides is 1. The number of aromatic amines is 1. The highest BCUT2D eigenvalue weighted by Gasteiger charge is 2.20. The zero-order chi connectivity index (χ0) is 32.2. The van der Waals surface area contributed by atoms with Crippen molar-refractivity contribution in [1.29, 1.82) is 0 Å². The molecule has 6 rings (SSSR count). The number of fused-ring (bicyclic) bond motifs is 3. The molecule has 232 valence electrons. The number of para-hydroxylation sites is 1. The lowest BCUT2D eigenvalue weighted by molar-refractivity contribution is -0.115. The van der Waals surface area contributed by atoms with Crippen molar-refractivity contribution in [3.63, 3.8) is 0 Å². The maximum atomic E-state index is 14.0. The van der Waals surface area contributed by atoms with Gasteiger partial charge in [0.2, 0.25) is 5.75 Å². The summed E-state index contributed by atoms with van der Waals surface area (Å²) >= 11 is 6.14. The van der Waals surface area contributed by atoms with Crippen molar-refractivity contribution in [2.75, 3.05) is 28.4 Å². The van der Waals surface area contributed by atoms with Gasteiger partial charge in [-0.15, -0.1) is 0 Å². The van der Waals surface area contributed by atoms with E-state index in [9.17, 15) is 4.79 Å². The van der Waals surface area contributed by atoms with E-state index in [-0.39, 0.29) is 12.5 Å². The number of nitrogens with one attached hydrogen (secondary N) is 2. The number of carbonyl (C=O) groups excluding carboxylic acids is 1. The maximum absolute atomic E-state index is 14.0. The van der Waals surface area contributed by atoms with E-state index < -0.39 is 0 Å². The number of pyridine rings is 1. The second-order valence-electron chi connectivity index (χ2n) is 10.5. The molecule has 4 aromatic carbocycles. The third-order valence-electron chi connectivity index (χ3n) is 7.74. The molecule has 0 radical (unpaired) electrons. The molecule has 0 aliphatic carbocycles. The Balaban J connectivity index is 1.41. The monoisotopic (exact) mass is 633 g/mol. The van der Waals surface area contributed by atoms with Gasteiger partial charge in [-0.05, 0) is 77.9 Å². The van der Waals surface area contributed by atoms with E-state index in [1.807, 2.05) is 60.7 Å². The van der Waals surface area contributed by atoms with Gasteiger partial charge in [0.05, 0.1) is 51.9 Å². The fraction of sp³-hybridized carbons (Fsp3) is 0.135. The Morgan fingerprint density at radius 3 is 2.17 bits per heavy atom. The van der Waals surface area contributed by atoms with E-state index in [1.165, 1.54) is 21.3 Å². The number of methoxy groups -OCH3 is 4. The first kappa shape index (κ1) is 30.6. The van der Waals surface area contributed by atoms with Gasteiger partial charge in [0.15, 0.2) is 11.5 Å². The van der Waals surface area contributed by atoms with E-state index in [1.54, 1.807) is 37.5 Å². The van der Waals surface area contributed by atoms with Crippen molar-refractivity contribution in [1.82, 2.24) is 15.3 Å². The van der Waals surface area contributed by atoms with Gasteiger partial charge in [-0.25, -0.2) is 4.98 Å². The molecule has 0 aliphatic heterocycles. The highest BCUT2D eigenvalue weighted by molar-refractivity contribution is 6.30. The lowest BCUT2D eigenvalue weighted by Crippen LogP contribution is -2.24. The van der Waals surface area contributed by atoms with Crippen LogP contribution in [0.2, 0.25) is 5.02 Å². The van der Waals surface area contributed by atoms with Gasteiger partial charge in [-0.2, -0.15) is 0 Å². The molecule has 8 nitrogen and oxygen atoms in total. The topological polar surface area (TPSA) is 94.7 Å². The van der Waals surface area contributed by atoms with E-state index >= 15 is 0 Å². The Hall–Kier alpha value is -5.47. The summed E-state index contributed by atoms with van der Waals surface area (Å²) < 4.78 is 22.0. The van der Waals surface area contributed by atoms with Crippen LogP contribution in [-0.4, -0.2) is 44.3 Å². The van der Waals surface area contributed by atoms with Crippen LogP contribution in [0, 0.1) is 0 Å². The van der Waals surface area contributed by atoms with Crippen LogP contribution in [0.4, 0.5) is 0 Å². The molecule has 0 saturated carbocycles. The molecule has 9 heteroatoms. The van der Waals surface area contributed by atoms with Crippen molar-refractivity contribution >= 4 is 51.0 Å². The molecule has 0 saturated heterocycles. The summed E-state index contributed by atoms with van der Waals surface area (Å²) in [5.41, 5.74) is 6.10. The minimum Gasteiger partial charge on any atom is -0.497 e. The lowest BCUT2D eigenvalue weighted by atomic mass is 10.0. The van der Waals surface area contributed by atoms with Gasteiger partial charge in [0, 0.05) is 32.4 Å². The van der Waals surface area contributed by atoms with Gasteiger partial charge in [0.25, 0.3) is 5.91 Å². The van der Waals surface area contributed by atoms with Crippen molar-refractivity contribution in [3.8, 4) is 34.3 Å². The number of nitrogens with zero attached hydrogens (tertiary/aromatic N) is 1. The van der Waals surface area contributed by atoms with E-state index in [0.29, 0.717) is 39.1 Å². The summed E-state index contributed by atoms with van der Waals surface area (Å²) in [6, 6.07) is 28.7. The first-order chi connectivity index (χ1) is 22.4. The smallest absolute Gasteiger partial charge is 0.252 e. The molecule has 46 heavy (non-hydrogen) atoms. The largest absolute Gasteiger partial charge is 0.497 e. The normalized spacial score (nSPS) is 11.5. The Bertz CT molecular complexity index is 2040. The maximum Gasteiger partial charge on any atom is 0.252 e. The summed E-state index contributed by atoms with van der Waals surface area (Å²) in [7, 11) is 6.25. The number of hydrogen-bond donors (Lipinski definition) is 2. The van der Waals surface area contributed by atoms with Gasteiger partial charge < -0.3 is 29.2 Å². The van der Waals surface area contributed by atoms with Gasteiger partial charge in [0.1, 0.15) is 5.75 Å². The quantitative estimate of drug-likeness (QED) is 0.118. The van der Waals surface area contributed by atoms with E-state index in [2.05, 4.69) is 16.4 Å². The molecule has 0 atom stereocenters.